The van der Waals surface area contributed by atoms with Gasteiger partial charge in [-0.1, -0.05) is 30.3 Å². The molecule has 1 aliphatic rings. The zero-order valence-corrected chi connectivity index (χ0v) is 23.8. The van der Waals surface area contributed by atoms with Crippen molar-refractivity contribution in [2.75, 3.05) is 31.7 Å². The first-order chi connectivity index (χ1) is 19.2. The molecule has 9 heteroatoms. The van der Waals surface area contributed by atoms with Gasteiger partial charge in [0.15, 0.2) is 18.1 Å². The minimum atomic E-state index is -0.371. The van der Waals surface area contributed by atoms with Crippen molar-refractivity contribution < 1.29 is 28.6 Å². The smallest absolute Gasteiger partial charge is 0.293 e. The van der Waals surface area contributed by atoms with E-state index < -0.39 is 0 Å². The first-order valence-corrected chi connectivity index (χ1v) is 13.8. The minimum Gasteiger partial charge on any atom is -0.492 e. The highest BCUT2D eigenvalue weighted by Gasteiger charge is 2.34. The number of hydrogen-bond acceptors (Lipinski definition) is 7. The molecule has 8 nitrogen and oxygen atoms in total. The molecule has 3 aromatic rings. The van der Waals surface area contributed by atoms with Crippen LogP contribution < -0.4 is 19.5 Å². The monoisotopic (exact) mass is 560 g/mol. The maximum atomic E-state index is 12.9. The molecule has 1 heterocycles. The standard InChI is InChI=1S/C31H32N2O6S/c1-5-37-27-17-23(11-12-26(27)39-19-29(34)32-25-16-21(3)9-10-22(25)4)18-28-30(35)33(31(36)40-28)13-14-38-24-8-6-7-20(2)15-24/h6-12,15-18H,5,13-14,19H2,1-4H3,(H,32,34)/b28-18-. The molecule has 0 unspecified atom stereocenters. The number of rotatable bonds is 11. The molecule has 208 valence electrons. The lowest BCUT2D eigenvalue weighted by Gasteiger charge is -2.14. The fraction of sp³-hybridized carbons (Fsp3) is 0.258. The molecule has 0 spiro atoms. The van der Waals surface area contributed by atoms with Crippen LogP contribution in [-0.2, 0) is 9.59 Å². The highest BCUT2D eigenvalue weighted by Crippen LogP contribution is 2.34. The summed E-state index contributed by atoms with van der Waals surface area (Å²) in [5, 5.41) is 2.53. The van der Waals surface area contributed by atoms with Crippen molar-refractivity contribution in [1.82, 2.24) is 4.90 Å². The summed E-state index contributed by atoms with van der Waals surface area (Å²) >= 11 is 0.884. The number of benzene rings is 3. The number of carbonyl (C=O) groups excluding carboxylic acids is 3. The molecule has 1 N–H and O–H groups in total. The molecule has 0 atom stereocenters. The van der Waals surface area contributed by atoms with Crippen LogP contribution in [0, 0.1) is 20.8 Å². The zero-order valence-electron chi connectivity index (χ0n) is 23.0. The van der Waals surface area contributed by atoms with E-state index in [0.717, 1.165) is 34.1 Å². The summed E-state index contributed by atoms with van der Waals surface area (Å²) in [5.74, 6) is 0.860. The molecular formula is C31H32N2O6S. The van der Waals surface area contributed by atoms with Crippen LogP contribution in [-0.4, -0.2) is 48.3 Å². The summed E-state index contributed by atoms with van der Waals surface area (Å²) in [6.45, 7) is 8.23. The van der Waals surface area contributed by atoms with Gasteiger partial charge in [0.05, 0.1) is 18.1 Å². The van der Waals surface area contributed by atoms with Crippen molar-refractivity contribution in [1.29, 1.82) is 0 Å². The van der Waals surface area contributed by atoms with Crippen LogP contribution in [0.2, 0.25) is 0 Å². The van der Waals surface area contributed by atoms with Gasteiger partial charge in [0.2, 0.25) is 0 Å². The zero-order chi connectivity index (χ0) is 28.6. The summed E-state index contributed by atoms with van der Waals surface area (Å²) in [7, 11) is 0. The van der Waals surface area contributed by atoms with Crippen LogP contribution in [0.4, 0.5) is 10.5 Å². The Morgan fingerprint density at radius 3 is 2.50 bits per heavy atom. The molecule has 1 aliphatic heterocycles. The summed E-state index contributed by atoms with van der Waals surface area (Å²) in [6.07, 6.45) is 1.64. The summed E-state index contributed by atoms with van der Waals surface area (Å²) in [4.78, 5) is 39.4. The third-order valence-corrected chi connectivity index (χ3v) is 6.95. The maximum Gasteiger partial charge on any atom is 0.293 e. The molecule has 4 rings (SSSR count). The number of anilines is 1. The summed E-state index contributed by atoms with van der Waals surface area (Å²) < 4.78 is 17.2. The maximum absolute atomic E-state index is 12.9. The van der Waals surface area contributed by atoms with E-state index in [2.05, 4.69) is 5.32 Å². The van der Waals surface area contributed by atoms with Crippen LogP contribution in [0.1, 0.15) is 29.2 Å². The van der Waals surface area contributed by atoms with E-state index in [4.69, 9.17) is 14.2 Å². The lowest BCUT2D eigenvalue weighted by Crippen LogP contribution is -2.32. The van der Waals surface area contributed by atoms with Crippen LogP contribution >= 0.6 is 11.8 Å². The number of imide groups is 1. The first kappa shape index (κ1) is 28.8. The number of nitrogens with zero attached hydrogens (tertiary/aromatic N) is 1. The van der Waals surface area contributed by atoms with Gasteiger partial charge in [-0.2, -0.15) is 0 Å². The van der Waals surface area contributed by atoms with Gasteiger partial charge in [-0.05, 0) is 98.1 Å². The van der Waals surface area contributed by atoms with Gasteiger partial charge in [-0.3, -0.25) is 19.3 Å². The molecule has 0 saturated carbocycles. The van der Waals surface area contributed by atoms with Gasteiger partial charge in [0.1, 0.15) is 12.4 Å². The average Bonchev–Trinajstić information content (AvgIpc) is 3.18. The number of thioether (sulfide) groups is 1. The van der Waals surface area contributed by atoms with E-state index >= 15 is 0 Å². The Kier molecular flexibility index (Phi) is 9.50. The number of nitrogens with one attached hydrogen (secondary N) is 1. The van der Waals surface area contributed by atoms with Gasteiger partial charge >= 0.3 is 0 Å². The SMILES string of the molecule is CCOc1cc(/C=C2\SC(=O)N(CCOc3cccc(C)c3)C2=O)ccc1OCC(=O)Nc1cc(C)ccc1C. The number of aryl methyl sites for hydroxylation is 3. The topological polar surface area (TPSA) is 94.2 Å². The Labute approximate surface area is 238 Å². The van der Waals surface area contributed by atoms with E-state index in [9.17, 15) is 14.4 Å². The highest BCUT2D eigenvalue weighted by molar-refractivity contribution is 8.18. The van der Waals surface area contributed by atoms with Crippen molar-refractivity contribution in [2.24, 2.45) is 0 Å². The van der Waals surface area contributed by atoms with Crippen molar-refractivity contribution in [3.8, 4) is 17.2 Å². The largest absolute Gasteiger partial charge is 0.492 e. The Bertz CT molecular complexity index is 1450. The summed E-state index contributed by atoms with van der Waals surface area (Å²) in [5.41, 5.74) is 4.47. The predicted molar refractivity (Wildman–Crippen MR) is 157 cm³/mol. The van der Waals surface area contributed by atoms with E-state index in [1.807, 2.05) is 70.2 Å². The van der Waals surface area contributed by atoms with E-state index in [-0.39, 0.29) is 36.8 Å². The second-order valence-electron chi connectivity index (χ2n) is 9.29. The number of ether oxygens (including phenoxy) is 3. The third kappa shape index (κ3) is 7.45. The lowest BCUT2D eigenvalue weighted by atomic mass is 10.1. The Morgan fingerprint density at radius 2 is 1.73 bits per heavy atom. The van der Waals surface area contributed by atoms with Crippen LogP contribution in [0.15, 0.2) is 65.6 Å². The van der Waals surface area contributed by atoms with Crippen molar-refractivity contribution >= 4 is 40.6 Å². The number of amides is 3. The molecule has 0 aromatic heterocycles. The lowest BCUT2D eigenvalue weighted by molar-refractivity contribution is -0.123. The second kappa shape index (κ2) is 13.2. The molecule has 1 saturated heterocycles. The van der Waals surface area contributed by atoms with Gasteiger partial charge < -0.3 is 19.5 Å². The molecule has 1 fully saturated rings. The quantitative estimate of drug-likeness (QED) is 0.281. The van der Waals surface area contributed by atoms with Gasteiger partial charge in [0, 0.05) is 5.69 Å². The predicted octanol–water partition coefficient (Wildman–Crippen LogP) is 6.14. The van der Waals surface area contributed by atoms with E-state index in [0.29, 0.717) is 34.3 Å². The Hall–Kier alpha value is -4.24. The third-order valence-electron chi connectivity index (χ3n) is 6.04. The van der Waals surface area contributed by atoms with Crippen LogP contribution in [0.3, 0.4) is 0 Å². The van der Waals surface area contributed by atoms with Gasteiger partial charge in [-0.25, -0.2) is 0 Å². The second-order valence-corrected chi connectivity index (χ2v) is 10.3. The normalized spacial score (nSPS) is 14.0. The Balaban J connectivity index is 1.38. The fourth-order valence-corrected chi connectivity index (χ4v) is 4.87. The minimum absolute atomic E-state index is 0.150. The highest BCUT2D eigenvalue weighted by atomic mass is 32.2. The van der Waals surface area contributed by atoms with Gasteiger partial charge in [-0.15, -0.1) is 0 Å². The molecular weight excluding hydrogens is 528 g/mol. The van der Waals surface area contributed by atoms with Crippen molar-refractivity contribution in [2.45, 2.75) is 27.7 Å². The molecule has 3 aromatic carbocycles. The summed E-state index contributed by atoms with van der Waals surface area (Å²) in [6, 6.07) is 18.6. The van der Waals surface area contributed by atoms with Crippen molar-refractivity contribution in [3.05, 3.63) is 87.8 Å². The number of hydrogen-bond donors (Lipinski definition) is 1. The molecule has 0 radical (unpaired) electrons. The van der Waals surface area contributed by atoms with E-state index in [1.54, 1.807) is 24.3 Å². The first-order valence-electron chi connectivity index (χ1n) is 12.9. The van der Waals surface area contributed by atoms with Crippen LogP contribution in [0.5, 0.6) is 17.2 Å². The molecule has 0 aliphatic carbocycles. The Morgan fingerprint density at radius 1 is 0.925 bits per heavy atom. The fourth-order valence-electron chi connectivity index (χ4n) is 4.01. The molecule has 40 heavy (non-hydrogen) atoms. The molecule has 3 amide bonds. The average molecular weight is 561 g/mol. The van der Waals surface area contributed by atoms with Crippen LogP contribution in [0.25, 0.3) is 6.08 Å². The van der Waals surface area contributed by atoms with E-state index in [1.165, 1.54) is 4.90 Å². The number of carbonyl (C=O) groups is 3. The van der Waals surface area contributed by atoms with Crippen molar-refractivity contribution in [3.63, 3.8) is 0 Å². The van der Waals surface area contributed by atoms with Gasteiger partial charge in [0.25, 0.3) is 17.1 Å². The molecule has 0 bridgehead atoms.